The highest BCUT2D eigenvalue weighted by Crippen LogP contribution is 2.26. The maximum Gasteiger partial charge on any atom is 0.331 e. The van der Waals surface area contributed by atoms with Gasteiger partial charge in [-0.15, -0.1) is 0 Å². The minimum atomic E-state index is -0.536. The Morgan fingerprint density at radius 2 is 1.76 bits per heavy atom. The standard InChI is InChI=1S/C28H21FN6O3/c1-32-16-19(14-30-32)24-23-5-3-4-12-34(23)26(31-24)25(36)18-8-11-22-21(13-18)27(37)35(28(38)33(22)2)15-17-6-9-20(29)10-7-17/h3-14,16H,15H2,1-2H3. The van der Waals surface area contributed by atoms with E-state index in [1.54, 1.807) is 47.7 Å². The van der Waals surface area contributed by atoms with E-state index >= 15 is 0 Å². The van der Waals surface area contributed by atoms with Crippen molar-refractivity contribution in [2.45, 2.75) is 6.54 Å². The van der Waals surface area contributed by atoms with Crippen molar-refractivity contribution >= 4 is 22.2 Å². The van der Waals surface area contributed by atoms with Crippen molar-refractivity contribution in [2.75, 3.05) is 0 Å². The van der Waals surface area contributed by atoms with Gasteiger partial charge in [0.05, 0.1) is 29.2 Å². The van der Waals surface area contributed by atoms with Crippen LogP contribution in [-0.4, -0.2) is 34.1 Å². The Bertz CT molecular complexity index is 2000. The molecule has 10 heteroatoms. The van der Waals surface area contributed by atoms with Gasteiger partial charge in [0.25, 0.3) is 5.56 Å². The van der Waals surface area contributed by atoms with Crippen LogP contribution in [0.2, 0.25) is 0 Å². The molecule has 0 N–H and O–H groups in total. The molecule has 0 saturated heterocycles. The monoisotopic (exact) mass is 508 g/mol. The molecule has 2 aromatic carbocycles. The van der Waals surface area contributed by atoms with Crippen molar-refractivity contribution in [3.8, 4) is 11.3 Å². The summed E-state index contributed by atoms with van der Waals surface area (Å²) in [5.41, 5.74) is 2.35. The zero-order chi connectivity index (χ0) is 26.6. The van der Waals surface area contributed by atoms with Gasteiger partial charge in [-0.25, -0.2) is 14.2 Å². The quantitative estimate of drug-likeness (QED) is 0.334. The summed E-state index contributed by atoms with van der Waals surface area (Å²) in [6.45, 7) is -0.0285. The predicted molar refractivity (Wildman–Crippen MR) is 140 cm³/mol. The van der Waals surface area contributed by atoms with Gasteiger partial charge in [-0.2, -0.15) is 5.10 Å². The lowest BCUT2D eigenvalue weighted by Crippen LogP contribution is -2.39. The Kier molecular flexibility index (Phi) is 5.37. The molecule has 0 unspecified atom stereocenters. The van der Waals surface area contributed by atoms with Crippen LogP contribution in [0.25, 0.3) is 27.7 Å². The number of carbonyl (C=O) groups excluding carboxylic acids is 1. The molecule has 0 aliphatic rings. The molecule has 0 spiro atoms. The summed E-state index contributed by atoms with van der Waals surface area (Å²) >= 11 is 0. The minimum Gasteiger partial charge on any atom is -0.296 e. The highest BCUT2D eigenvalue weighted by atomic mass is 19.1. The van der Waals surface area contributed by atoms with Crippen LogP contribution >= 0.6 is 0 Å². The fraction of sp³-hybridized carbons (Fsp3) is 0.107. The Morgan fingerprint density at radius 1 is 0.974 bits per heavy atom. The van der Waals surface area contributed by atoms with Gasteiger partial charge in [-0.3, -0.25) is 27.8 Å². The van der Waals surface area contributed by atoms with Crippen molar-refractivity contribution < 1.29 is 9.18 Å². The van der Waals surface area contributed by atoms with E-state index in [4.69, 9.17) is 0 Å². The van der Waals surface area contributed by atoms with Gasteiger partial charge < -0.3 is 0 Å². The molecule has 0 atom stereocenters. The van der Waals surface area contributed by atoms with Crippen LogP contribution in [0.5, 0.6) is 0 Å². The van der Waals surface area contributed by atoms with E-state index in [-0.39, 0.29) is 29.1 Å². The number of pyridine rings is 1. The molecule has 0 aliphatic carbocycles. The molecular weight excluding hydrogens is 487 g/mol. The predicted octanol–water partition coefficient (Wildman–Crippen LogP) is 3.17. The molecule has 6 aromatic rings. The van der Waals surface area contributed by atoms with Crippen molar-refractivity contribution in [1.82, 2.24) is 28.3 Å². The molecule has 0 saturated carbocycles. The normalized spacial score (nSPS) is 11.4. The van der Waals surface area contributed by atoms with E-state index in [1.165, 1.54) is 34.9 Å². The van der Waals surface area contributed by atoms with Gasteiger partial charge in [-0.05, 0) is 48.0 Å². The van der Waals surface area contributed by atoms with Crippen molar-refractivity contribution in [1.29, 1.82) is 0 Å². The SMILES string of the molecule is Cn1cc(-c2nc(C(=O)c3ccc4c(c3)c(=O)n(Cc3ccc(F)cc3)c(=O)n4C)n3ccccc23)cn1. The molecule has 6 rings (SSSR count). The number of nitrogens with zero attached hydrogens (tertiary/aromatic N) is 6. The maximum atomic E-state index is 13.7. The first-order chi connectivity index (χ1) is 18.3. The number of rotatable bonds is 5. The molecule has 0 radical (unpaired) electrons. The number of aromatic nitrogens is 6. The van der Waals surface area contributed by atoms with Crippen LogP contribution in [0.15, 0.2) is 88.8 Å². The van der Waals surface area contributed by atoms with Gasteiger partial charge in [0, 0.05) is 37.6 Å². The lowest BCUT2D eigenvalue weighted by molar-refractivity contribution is 0.102. The summed E-state index contributed by atoms with van der Waals surface area (Å²) in [4.78, 5) is 44.8. The zero-order valence-electron chi connectivity index (χ0n) is 20.5. The molecule has 38 heavy (non-hydrogen) atoms. The lowest BCUT2D eigenvalue weighted by atomic mass is 10.1. The van der Waals surface area contributed by atoms with Crippen LogP contribution in [-0.2, 0) is 20.6 Å². The van der Waals surface area contributed by atoms with E-state index in [0.29, 0.717) is 16.8 Å². The first kappa shape index (κ1) is 23.3. The van der Waals surface area contributed by atoms with Crippen LogP contribution in [0.4, 0.5) is 4.39 Å². The topological polar surface area (TPSA) is 96.2 Å². The van der Waals surface area contributed by atoms with Gasteiger partial charge in [0.1, 0.15) is 11.5 Å². The summed E-state index contributed by atoms with van der Waals surface area (Å²) in [6.07, 6.45) is 5.27. The number of ketones is 1. The third kappa shape index (κ3) is 3.74. The average molecular weight is 509 g/mol. The number of hydrogen-bond donors (Lipinski definition) is 0. The molecular formula is C28H21FN6O3. The number of hydrogen-bond acceptors (Lipinski definition) is 5. The van der Waals surface area contributed by atoms with Crippen LogP contribution in [0.3, 0.4) is 0 Å². The Morgan fingerprint density at radius 3 is 2.50 bits per heavy atom. The summed E-state index contributed by atoms with van der Waals surface area (Å²) in [5.74, 6) is -0.592. The van der Waals surface area contributed by atoms with Crippen molar-refractivity contribution in [2.24, 2.45) is 14.1 Å². The van der Waals surface area contributed by atoms with Crippen molar-refractivity contribution in [3.05, 3.63) is 123 Å². The van der Waals surface area contributed by atoms with Crippen LogP contribution in [0, 0.1) is 5.82 Å². The number of imidazole rings is 1. The summed E-state index contributed by atoms with van der Waals surface area (Å²) in [5, 5.41) is 4.43. The molecule has 0 amide bonds. The van der Waals surface area contributed by atoms with Gasteiger partial charge in [-0.1, -0.05) is 18.2 Å². The Hall–Kier alpha value is -5.12. The van der Waals surface area contributed by atoms with Gasteiger partial charge in [0.2, 0.25) is 5.78 Å². The Balaban J connectivity index is 1.48. The summed E-state index contributed by atoms with van der Waals surface area (Å²) in [7, 11) is 3.37. The third-order valence-corrected chi connectivity index (χ3v) is 6.60. The molecule has 4 aromatic heterocycles. The second-order valence-electron chi connectivity index (χ2n) is 9.06. The molecule has 0 fully saturated rings. The molecule has 4 heterocycles. The van der Waals surface area contributed by atoms with E-state index in [2.05, 4.69) is 10.1 Å². The van der Waals surface area contributed by atoms with Crippen LogP contribution < -0.4 is 11.2 Å². The first-order valence-corrected chi connectivity index (χ1v) is 11.8. The number of aryl methyl sites for hydroxylation is 2. The number of fused-ring (bicyclic) bond motifs is 2. The minimum absolute atomic E-state index is 0.0285. The average Bonchev–Trinajstić information content (AvgIpc) is 3.53. The third-order valence-electron chi connectivity index (χ3n) is 6.60. The summed E-state index contributed by atoms with van der Waals surface area (Å²) in [6, 6.07) is 15.8. The van der Waals surface area contributed by atoms with E-state index < -0.39 is 17.1 Å². The Labute approximate surface area is 214 Å². The molecule has 188 valence electrons. The maximum absolute atomic E-state index is 13.7. The van der Waals surface area contributed by atoms with E-state index in [0.717, 1.165) is 15.6 Å². The number of carbonyl (C=O) groups is 1. The lowest BCUT2D eigenvalue weighted by Gasteiger charge is -2.12. The smallest absolute Gasteiger partial charge is 0.296 e. The number of benzene rings is 2. The van der Waals surface area contributed by atoms with E-state index in [9.17, 15) is 18.8 Å². The first-order valence-electron chi connectivity index (χ1n) is 11.8. The van der Waals surface area contributed by atoms with E-state index in [1.807, 2.05) is 24.4 Å². The molecule has 0 bridgehead atoms. The van der Waals surface area contributed by atoms with Gasteiger partial charge >= 0.3 is 5.69 Å². The zero-order valence-corrected chi connectivity index (χ0v) is 20.5. The summed E-state index contributed by atoms with van der Waals surface area (Å²) < 4.78 is 19.1. The molecule has 0 aliphatic heterocycles. The fourth-order valence-electron chi connectivity index (χ4n) is 4.65. The van der Waals surface area contributed by atoms with Gasteiger partial charge in [0.15, 0.2) is 5.82 Å². The van der Waals surface area contributed by atoms with Crippen LogP contribution in [0.1, 0.15) is 21.7 Å². The highest BCUT2D eigenvalue weighted by Gasteiger charge is 2.22. The highest BCUT2D eigenvalue weighted by molar-refractivity contribution is 6.09. The fourth-order valence-corrected chi connectivity index (χ4v) is 4.65. The largest absolute Gasteiger partial charge is 0.331 e. The molecule has 9 nitrogen and oxygen atoms in total. The second kappa shape index (κ2) is 8.77. The number of halogens is 1. The second-order valence-corrected chi connectivity index (χ2v) is 9.06. The van der Waals surface area contributed by atoms with Crippen molar-refractivity contribution in [3.63, 3.8) is 0 Å².